The summed E-state index contributed by atoms with van der Waals surface area (Å²) in [5.41, 5.74) is 3.86. The number of rotatable bonds is 4. The second-order valence-corrected chi connectivity index (χ2v) is 8.09. The van der Waals surface area contributed by atoms with Gasteiger partial charge in [0.25, 0.3) is 0 Å². The fourth-order valence-corrected chi connectivity index (χ4v) is 3.46. The van der Waals surface area contributed by atoms with Gasteiger partial charge in [0.2, 0.25) is 10.0 Å². The number of aromatic nitrogens is 3. The SMILES string of the molecule is NS(=O)(=O)c1ccc(-n2nc(-c3ccccn3)cc2-c2ccc(Cl)cc2)cc1. The predicted molar refractivity (Wildman–Crippen MR) is 109 cm³/mol. The Balaban J connectivity index is 1.87. The minimum Gasteiger partial charge on any atom is -0.255 e. The van der Waals surface area contributed by atoms with E-state index in [1.807, 2.05) is 36.4 Å². The molecule has 0 fully saturated rings. The third kappa shape index (κ3) is 3.68. The van der Waals surface area contributed by atoms with E-state index >= 15 is 0 Å². The van der Waals surface area contributed by atoms with E-state index in [1.165, 1.54) is 12.1 Å². The van der Waals surface area contributed by atoms with Crippen LogP contribution in [0.4, 0.5) is 0 Å². The topological polar surface area (TPSA) is 90.9 Å². The number of halogens is 1. The fraction of sp³-hybridized carbons (Fsp3) is 0. The molecule has 0 aliphatic carbocycles. The van der Waals surface area contributed by atoms with Gasteiger partial charge in [-0.25, -0.2) is 18.2 Å². The second kappa shape index (κ2) is 7.20. The van der Waals surface area contributed by atoms with Gasteiger partial charge in [-0.2, -0.15) is 5.10 Å². The zero-order chi connectivity index (χ0) is 19.7. The molecule has 2 N–H and O–H groups in total. The van der Waals surface area contributed by atoms with Crippen LogP contribution in [-0.4, -0.2) is 23.2 Å². The molecule has 4 rings (SSSR count). The first-order valence-corrected chi connectivity index (χ1v) is 10.2. The lowest BCUT2D eigenvalue weighted by molar-refractivity contribution is 0.598. The Morgan fingerprint density at radius 2 is 1.61 bits per heavy atom. The third-order valence-electron chi connectivity index (χ3n) is 4.19. The standard InChI is InChI=1S/C20H15ClN4O2S/c21-15-6-4-14(5-7-15)20-13-19(18-3-1-2-12-23-18)24-25(20)16-8-10-17(11-9-16)28(22,26)27/h1-13H,(H2,22,26,27). The predicted octanol–water partition coefficient (Wildman–Crippen LogP) is 3.90. The molecule has 2 heterocycles. The summed E-state index contributed by atoms with van der Waals surface area (Å²) >= 11 is 6.02. The maximum Gasteiger partial charge on any atom is 0.238 e. The van der Waals surface area contributed by atoms with Crippen molar-refractivity contribution in [2.75, 3.05) is 0 Å². The minimum atomic E-state index is -3.76. The molecular formula is C20H15ClN4O2S. The van der Waals surface area contributed by atoms with Gasteiger partial charge in [0, 0.05) is 16.8 Å². The van der Waals surface area contributed by atoms with Gasteiger partial charge in [0.1, 0.15) is 5.69 Å². The summed E-state index contributed by atoms with van der Waals surface area (Å²) in [6, 6.07) is 21.2. The molecule has 0 amide bonds. The lowest BCUT2D eigenvalue weighted by atomic mass is 10.1. The zero-order valence-corrected chi connectivity index (χ0v) is 16.1. The lowest BCUT2D eigenvalue weighted by Gasteiger charge is -2.08. The number of nitrogens with zero attached hydrogens (tertiary/aromatic N) is 3. The summed E-state index contributed by atoms with van der Waals surface area (Å²) in [6.45, 7) is 0. The van der Waals surface area contributed by atoms with E-state index in [-0.39, 0.29) is 4.90 Å². The first-order valence-electron chi connectivity index (χ1n) is 8.32. The molecule has 2 aromatic heterocycles. The average molecular weight is 411 g/mol. The van der Waals surface area contributed by atoms with E-state index in [9.17, 15) is 8.42 Å². The van der Waals surface area contributed by atoms with Crippen LogP contribution in [-0.2, 0) is 10.0 Å². The minimum absolute atomic E-state index is 0.0430. The quantitative estimate of drug-likeness (QED) is 0.552. The summed E-state index contributed by atoms with van der Waals surface area (Å²) in [5.74, 6) is 0. The number of hydrogen-bond acceptors (Lipinski definition) is 4. The van der Waals surface area contributed by atoms with Gasteiger partial charge >= 0.3 is 0 Å². The first-order chi connectivity index (χ1) is 13.4. The maximum atomic E-state index is 11.5. The third-order valence-corrected chi connectivity index (χ3v) is 5.37. The van der Waals surface area contributed by atoms with E-state index in [4.69, 9.17) is 16.7 Å². The summed E-state index contributed by atoms with van der Waals surface area (Å²) < 4.78 is 24.8. The van der Waals surface area contributed by atoms with Gasteiger partial charge in [-0.05, 0) is 54.6 Å². The largest absolute Gasteiger partial charge is 0.255 e. The Kier molecular flexibility index (Phi) is 4.72. The molecule has 0 saturated heterocycles. The van der Waals surface area contributed by atoms with Crippen molar-refractivity contribution in [1.29, 1.82) is 0 Å². The smallest absolute Gasteiger partial charge is 0.238 e. The molecule has 4 aromatic rings. The Labute approximate surface area is 167 Å². The summed E-state index contributed by atoms with van der Waals surface area (Å²) in [4.78, 5) is 4.40. The molecule has 2 aromatic carbocycles. The number of sulfonamides is 1. The van der Waals surface area contributed by atoms with E-state index in [2.05, 4.69) is 10.1 Å². The van der Waals surface area contributed by atoms with Gasteiger partial charge in [-0.1, -0.05) is 29.8 Å². The van der Waals surface area contributed by atoms with E-state index in [1.54, 1.807) is 35.1 Å². The molecule has 0 spiro atoms. The Hall–Kier alpha value is -3.00. The molecule has 0 bridgehead atoms. The molecule has 0 radical (unpaired) electrons. The molecule has 0 aliphatic rings. The average Bonchev–Trinajstić information content (AvgIpc) is 3.14. The number of nitrogens with two attached hydrogens (primary N) is 1. The normalized spacial score (nSPS) is 11.5. The molecule has 6 nitrogen and oxygen atoms in total. The van der Waals surface area contributed by atoms with E-state index in [0.29, 0.717) is 16.4 Å². The molecule has 140 valence electrons. The van der Waals surface area contributed by atoms with Crippen LogP contribution >= 0.6 is 11.6 Å². The zero-order valence-electron chi connectivity index (χ0n) is 14.5. The van der Waals surface area contributed by atoms with Crippen molar-refractivity contribution >= 4 is 21.6 Å². The highest BCUT2D eigenvalue weighted by Crippen LogP contribution is 2.29. The Bertz CT molecular complexity index is 1220. The highest BCUT2D eigenvalue weighted by Gasteiger charge is 2.15. The monoisotopic (exact) mass is 410 g/mol. The van der Waals surface area contributed by atoms with Gasteiger partial charge in [-0.3, -0.25) is 4.98 Å². The van der Waals surface area contributed by atoms with Gasteiger partial charge in [0.05, 0.1) is 22.0 Å². The summed E-state index contributed by atoms with van der Waals surface area (Å²) in [7, 11) is -3.76. The van der Waals surface area contributed by atoms with Gasteiger partial charge < -0.3 is 0 Å². The molecule has 28 heavy (non-hydrogen) atoms. The van der Waals surface area contributed by atoms with Crippen molar-refractivity contribution in [1.82, 2.24) is 14.8 Å². The Morgan fingerprint density at radius 3 is 2.21 bits per heavy atom. The second-order valence-electron chi connectivity index (χ2n) is 6.09. The summed E-state index contributed by atoms with van der Waals surface area (Å²) in [6.07, 6.45) is 1.71. The van der Waals surface area contributed by atoms with Crippen molar-refractivity contribution in [3.05, 3.63) is 84.0 Å². The number of hydrogen-bond donors (Lipinski definition) is 1. The van der Waals surface area contributed by atoms with Gasteiger partial charge in [-0.15, -0.1) is 0 Å². The van der Waals surface area contributed by atoms with Crippen molar-refractivity contribution in [2.24, 2.45) is 5.14 Å². The van der Waals surface area contributed by atoms with Crippen molar-refractivity contribution < 1.29 is 8.42 Å². The molecule has 0 aliphatic heterocycles. The van der Waals surface area contributed by atoms with Crippen molar-refractivity contribution in [3.8, 4) is 28.3 Å². The van der Waals surface area contributed by atoms with Gasteiger partial charge in [0.15, 0.2) is 0 Å². The number of benzene rings is 2. The molecule has 0 unspecified atom stereocenters. The first kappa shape index (κ1) is 18.4. The summed E-state index contributed by atoms with van der Waals surface area (Å²) in [5, 5.41) is 10.5. The lowest BCUT2D eigenvalue weighted by Crippen LogP contribution is -2.12. The number of pyridine rings is 1. The van der Waals surface area contributed by atoms with Crippen LogP contribution in [0.3, 0.4) is 0 Å². The molecule has 8 heteroatoms. The highest BCUT2D eigenvalue weighted by molar-refractivity contribution is 7.89. The highest BCUT2D eigenvalue weighted by atomic mass is 35.5. The molecule has 0 saturated carbocycles. The van der Waals surface area contributed by atoms with Crippen molar-refractivity contribution in [2.45, 2.75) is 4.90 Å². The van der Waals surface area contributed by atoms with Crippen LogP contribution in [0.5, 0.6) is 0 Å². The van der Waals surface area contributed by atoms with Crippen LogP contribution in [0, 0.1) is 0 Å². The van der Waals surface area contributed by atoms with Crippen LogP contribution in [0.15, 0.2) is 83.9 Å². The maximum absolute atomic E-state index is 11.5. The van der Waals surface area contributed by atoms with Crippen molar-refractivity contribution in [3.63, 3.8) is 0 Å². The van der Waals surface area contributed by atoms with Crippen LogP contribution in [0.2, 0.25) is 5.02 Å². The molecule has 0 atom stereocenters. The number of primary sulfonamides is 1. The Morgan fingerprint density at radius 1 is 0.893 bits per heavy atom. The van der Waals surface area contributed by atoms with Crippen LogP contribution < -0.4 is 5.14 Å². The van der Waals surface area contributed by atoms with Crippen LogP contribution in [0.1, 0.15) is 0 Å². The van der Waals surface area contributed by atoms with E-state index < -0.39 is 10.0 Å². The van der Waals surface area contributed by atoms with Crippen LogP contribution in [0.25, 0.3) is 28.3 Å². The fourth-order valence-electron chi connectivity index (χ4n) is 2.82. The molecular weight excluding hydrogens is 396 g/mol. The van der Waals surface area contributed by atoms with E-state index in [0.717, 1.165) is 17.0 Å².